The molecule has 0 aliphatic carbocycles. The maximum atomic E-state index is 12.2. The van der Waals surface area contributed by atoms with Gasteiger partial charge in [0.05, 0.1) is 12.1 Å². The number of amides is 2. The zero-order chi connectivity index (χ0) is 18.0. The molecule has 1 saturated heterocycles. The molecule has 1 atom stereocenters. The maximum Gasteiger partial charge on any atom is 0.433 e. The molecule has 1 aliphatic heterocycles. The largest absolute Gasteiger partial charge is 0.433 e. The summed E-state index contributed by atoms with van der Waals surface area (Å²) in [5, 5.41) is 13.4. The van der Waals surface area contributed by atoms with Crippen molar-refractivity contribution in [1.29, 1.82) is 0 Å². The van der Waals surface area contributed by atoms with Crippen LogP contribution in [-0.4, -0.2) is 23.3 Å². The number of benzene rings is 1. The average Bonchev–Trinajstić information content (AvgIpc) is 3.24. The van der Waals surface area contributed by atoms with Crippen LogP contribution in [0.4, 0.5) is 11.6 Å². The van der Waals surface area contributed by atoms with Crippen molar-refractivity contribution >= 4 is 23.4 Å². The minimum absolute atomic E-state index is 0.0942. The second kappa shape index (κ2) is 6.76. The molecule has 25 heavy (non-hydrogen) atoms. The highest BCUT2D eigenvalue weighted by Crippen LogP contribution is 2.25. The number of carbonyl (C=O) groups excluding carboxylic acids is 2. The van der Waals surface area contributed by atoms with E-state index >= 15 is 0 Å². The Morgan fingerprint density at radius 1 is 1.36 bits per heavy atom. The molecule has 1 aromatic carbocycles. The van der Waals surface area contributed by atoms with Gasteiger partial charge in [-0.25, -0.2) is 0 Å². The molecule has 8 heteroatoms. The summed E-state index contributed by atoms with van der Waals surface area (Å²) in [7, 11) is 0. The van der Waals surface area contributed by atoms with Crippen LogP contribution < -0.4 is 10.2 Å². The first kappa shape index (κ1) is 16.7. The van der Waals surface area contributed by atoms with E-state index in [1.807, 2.05) is 24.3 Å². The summed E-state index contributed by atoms with van der Waals surface area (Å²) in [6.07, 6.45) is 1.39. The van der Waals surface area contributed by atoms with E-state index in [-0.39, 0.29) is 17.7 Å². The minimum Gasteiger partial charge on any atom is -0.395 e. The molecule has 1 aliphatic rings. The lowest BCUT2D eigenvalue weighted by molar-refractivity contribution is -0.402. The predicted octanol–water partition coefficient (Wildman–Crippen LogP) is 2.81. The molecule has 2 heterocycles. The van der Waals surface area contributed by atoms with Crippen LogP contribution in [0, 0.1) is 10.1 Å². The lowest BCUT2D eigenvalue weighted by Crippen LogP contribution is -2.27. The standard InChI is InChI=1S/C17H17N3O5/c1-11(18-17(22)14-7-8-16(25-14)20(23)24)12-4-2-5-13(10-12)19-9-3-6-15(19)21/h2,4-5,7-8,10-11H,3,6,9H2,1H3,(H,18,22)/t11-/m0/s1. The number of nitrogens with zero attached hydrogens (tertiary/aromatic N) is 2. The number of nitro groups is 1. The average molecular weight is 343 g/mol. The van der Waals surface area contributed by atoms with Crippen molar-refractivity contribution in [3.8, 4) is 0 Å². The van der Waals surface area contributed by atoms with Gasteiger partial charge in [-0.2, -0.15) is 0 Å². The Kier molecular flexibility index (Phi) is 4.51. The van der Waals surface area contributed by atoms with E-state index in [0.29, 0.717) is 13.0 Å². The fourth-order valence-electron chi connectivity index (χ4n) is 2.78. The van der Waals surface area contributed by atoms with Crippen molar-refractivity contribution in [2.45, 2.75) is 25.8 Å². The third-order valence-electron chi connectivity index (χ3n) is 4.10. The Morgan fingerprint density at radius 3 is 2.80 bits per heavy atom. The van der Waals surface area contributed by atoms with Crippen molar-refractivity contribution < 1.29 is 18.9 Å². The summed E-state index contributed by atoms with van der Waals surface area (Å²) in [5.74, 6) is -1.04. The number of hydrogen-bond donors (Lipinski definition) is 1. The SMILES string of the molecule is C[C@H](NC(=O)c1ccc([N+](=O)[O-])o1)c1cccc(N2CCCC2=O)c1. The summed E-state index contributed by atoms with van der Waals surface area (Å²) in [6, 6.07) is 9.44. The van der Waals surface area contributed by atoms with Gasteiger partial charge in [0.25, 0.3) is 5.91 Å². The molecule has 1 aromatic heterocycles. The summed E-state index contributed by atoms with van der Waals surface area (Å²) in [6.45, 7) is 2.49. The van der Waals surface area contributed by atoms with E-state index in [1.54, 1.807) is 11.8 Å². The van der Waals surface area contributed by atoms with Crippen LogP contribution in [0.1, 0.15) is 41.9 Å². The van der Waals surface area contributed by atoms with Crippen LogP contribution >= 0.6 is 0 Å². The van der Waals surface area contributed by atoms with Crippen molar-refractivity contribution in [1.82, 2.24) is 5.32 Å². The number of rotatable bonds is 5. The van der Waals surface area contributed by atoms with Gasteiger partial charge in [0, 0.05) is 18.7 Å². The van der Waals surface area contributed by atoms with Gasteiger partial charge in [-0.05, 0) is 37.1 Å². The van der Waals surface area contributed by atoms with E-state index in [0.717, 1.165) is 23.7 Å². The topological polar surface area (TPSA) is 106 Å². The Hall–Kier alpha value is -3.16. The van der Waals surface area contributed by atoms with Gasteiger partial charge in [0.1, 0.15) is 4.92 Å². The van der Waals surface area contributed by atoms with Gasteiger partial charge >= 0.3 is 5.88 Å². The molecule has 0 saturated carbocycles. The van der Waals surface area contributed by atoms with Gasteiger partial charge in [0.15, 0.2) is 5.76 Å². The second-order valence-electron chi connectivity index (χ2n) is 5.83. The van der Waals surface area contributed by atoms with Crippen LogP contribution in [0.3, 0.4) is 0 Å². The zero-order valence-electron chi connectivity index (χ0n) is 13.6. The predicted molar refractivity (Wildman–Crippen MR) is 89.3 cm³/mol. The smallest absolute Gasteiger partial charge is 0.395 e. The van der Waals surface area contributed by atoms with E-state index in [1.165, 1.54) is 6.07 Å². The molecule has 2 aromatic rings. The molecule has 130 valence electrons. The quantitative estimate of drug-likeness (QED) is 0.664. The lowest BCUT2D eigenvalue weighted by atomic mass is 10.1. The third kappa shape index (κ3) is 3.52. The van der Waals surface area contributed by atoms with Gasteiger partial charge in [-0.15, -0.1) is 0 Å². The number of hydrogen-bond acceptors (Lipinski definition) is 5. The molecule has 0 radical (unpaired) electrons. The first-order valence-corrected chi connectivity index (χ1v) is 7.91. The molecule has 0 spiro atoms. The molecular weight excluding hydrogens is 326 g/mol. The lowest BCUT2D eigenvalue weighted by Gasteiger charge is -2.19. The fraction of sp³-hybridized carbons (Fsp3) is 0.294. The highest BCUT2D eigenvalue weighted by atomic mass is 16.6. The minimum atomic E-state index is -0.698. The number of nitrogens with one attached hydrogen (secondary N) is 1. The molecule has 3 rings (SSSR count). The highest BCUT2D eigenvalue weighted by Gasteiger charge is 2.23. The fourth-order valence-corrected chi connectivity index (χ4v) is 2.78. The Bertz CT molecular complexity index is 829. The Balaban J connectivity index is 1.72. The summed E-state index contributed by atoms with van der Waals surface area (Å²) in [5.41, 5.74) is 1.63. The molecular formula is C17H17N3O5. The first-order valence-electron chi connectivity index (χ1n) is 7.91. The second-order valence-corrected chi connectivity index (χ2v) is 5.83. The number of carbonyl (C=O) groups is 2. The normalized spacial score (nSPS) is 15.2. The molecule has 0 bridgehead atoms. The maximum absolute atomic E-state index is 12.2. The molecule has 1 N–H and O–H groups in total. The van der Waals surface area contributed by atoms with Crippen LogP contribution in [0.5, 0.6) is 0 Å². The summed E-state index contributed by atoms with van der Waals surface area (Å²) >= 11 is 0. The van der Waals surface area contributed by atoms with Gasteiger partial charge < -0.3 is 14.6 Å². The highest BCUT2D eigenvalue weighted by molar-refractivity contribution is 5.95. The van der Waals surface area contributed by atoms with Crippen LogP contribution in [0.15, 0.2) is 40.8 Å². The molecule has 1 fully saturated rings. The molecule has 0 unspecified atom stereocenters. The van der Waals surface area contributed by atoms with Crippen molar-refractivity contribution in [3.05, 3.63) is 57.8 Å². The number of furan rings is 1. The van der Waals surface area contributed by atoms with Crippen molar-refractivity contribution in [2.24, 2.45) is 0 Å². The Morgan fingerprint density at radius 2 is 2.16 bits per heavy atom. The van der Waals surface area contributed by atoms with Crippen LogP contribution in [0.25, 0.3) is 0 Å². The zero-order valence-corrected chi connectivity index (χ0v) is 13.6. The third-order valence-corrected chi connectivity index (χ3v) is 4.10. The van der Waals surface area contributed by atoms with Gasteiger partial charge in [-0.3, -0.25) is 19.7 Å². The van der Waals surface area contributed by atoms with E-state index in [4.69, 9.17) is 4.42 Å². The van der Waals surface area contributed by atoms with Crippen LogP contribution in [0.2, 0.25) is 0 Å². The van der Waals surface area contributed by atoms with Crippen LogP contribution in [-0.2, 0) is 4.79 Å². The van der Waals surface area contributed by atoms with Crippen molar-refractivity contribution in [2.75, 3.05) is 11.4 Å². The summed E-state index contributed by atoms with van der Waals surface area (Å²) in [4.78, 5) is 35.7. The molecule has 2 amide bonds. The Labute approximate surface area is 143 Å². The van der Waals surface area contributed by atoms with Crippen molar-refractivity contribution in [3.63, 3.8) is 0 Å². The summed E-state index contributed by atoms with van der Waals surface area (Å²) < 4.78 is 4.90. The monoisotopic (exact) mass is 343 g/mol. The van der Waals surface area contributed by atoms with Gasteiger partial charge in [0.2, 0.25) is 5.91 Å². The first-order chi connectivity index (χ1) is 12.0. The van der Waals surface area contributed by atoms with E-state index in [9.17, 15) is 19.7 Å². The number of anilines is 1. The molecule has 8 nitrogen and oxygen atoms in total. The van der Waals surface area contributed by atoms with E-state index < -0.39 is 16.7 Å². The van der Waals surface area contributed by atoms with E-state index in [2.05, 4.69) is 5.32 Å². The van der Waals surface area contributed by atoms with Gasteiger partial charge in [-0.1, -0.05) is 12.1 Å².